The second-order valence-corrected chi connectivity index (χ2v) is 6.34. The maximum Gasteiger partial charge on any atom is 0.228 e. The zero-order valence-corrected chi connectivity index (χ0v) is 15.1. The van der Waals surface area contributed by atoms with Gasteiger partial charge in [0.05, 0.1) is 5.69 Å². The molecule has 142 valence electrons. The van der Waals surface area contributed by atoms with Gasteiger partial charge >= 0.3 is 0 Å². The highest BCUT2D eigenvalue weighted by atomic mass is 19.1. The van der Waals surface area contributed by atoms with Crippen LogP contribution in [0.3, 0.4) is 0 Å². The Labute approximate surface area is 156 Å². The second kappa shape index (κ2) is 8.52. The molecule has 0 spiro atoms. The zero-order chi connectivity index (χ0) is 19.2. The molecule has 8 nitrogen and oxygen atoms in total. The van der Waals surface area contributed by atoms with Crippen molar-refractivity contribution in [1.82, 2.24) is 19.9 Å². The van der Waals surface area contributed by atoms with Gasteiger partial charge in [-0.3, -0.25) is 9.59 Å². The van der Waals surface area contributed by atoms with Crippen LogP contribution in [-0.2, 0) is 9.59 Å². The smallest absolute Gasteiger partial charge is 0.228 e. The highest BCUT2D eigenvalue weighted by Crippen LogP contribution is 2.16. The molecule has 2 aromatic rings. The molecule has 1 N–H and O–H groups in total. The predicted octanol–water partition coefficient (Wildman–Crippen LogP) is 1.39. The van der Waals surface area contributed by atoms with Crippen molar-refractivity contribution < 1.29 is 14.0 Å². The van der Waals surface area contributed by atoms with E-state index in [-0.39, 0.29) is 30.3 Å². The Morgan fingerprint density at radius 1 is 1.11 bits per heavy atom. The van der Waals surface area contributed by atoms with Crippen molar-refractivity contribution in [3.05, 3.63) is 42.2 Å². The number of carbonyl (C=O) groups is 2. The number of hydrogen-bond acceptors (Lipinski definition) is 6. The number of amides is 2. The van der Waals surface area contributed by atoms with E-state index in [1.807, 2.05) is 11.8 Å². The van der Waals surface area contributed by atoms with Gasteiger partial charge in [0.1, 0.15) is 18.5 Å². The molecule has 1 aliphatic heterocycles. The number of aromatic nitrogens is 3. The van der Waals surface area contributed by atoms with Crippen LogP contribution in [0.1, 0.15) is 18.4 Å². The predicted molar refractivity (Wildman–Crippen MR) is 97.6 cm³/mol. The topological polar surface area (TPSA) is 91.3 Å². The lowest BCUT2D eigenvalue weighted by Crippen LogP contribution is -2.49. The Morgan fingerprint density at radius 3 is 2.52 bits per heavy atom. The number of hydrogen-bond donors (Lipinski definition) is 1. The Kier molecular flexibility index (Phi) is 5.90. The lowest BCUT2D eigenvalue weighted by molar-refractivity contribution is -0.133. The number of rotatable bonds is 5. The first-order chi connectivity index (χ1) is 13.0. The minimum absolute atomic E-state index is 0.0138. The van der Waals surface area contributed by atoms with Crippen LogP contribution in [-0.4, -0.2) is 57.8 Å². The minimum atomic E-state index is -0.491. The monoisotopic (exact) mass is 372 g/mol. The average Bonchev–Trinajstić information content (AvgIpc) is 2.70. The quantitative estimate of drug-likeness (QED) is 0.853. The summed E-state index contributed by atoms with van der Waals surface area (Å²) >= 11 is 0. The summed E-state index contributed by atoms with van der Waals surface area (Å²) in [6, 6.07) is 4.50. The largest absolute Gasteiger partial charge is 0.339 e. The lowest BCUT2D eigenvalue weighted by Gasteiger charge is -2.34. The molecule has 1 saturated heterocycles. The van der Waals surface area contributed by atoms with E-state index in [0.29, 0.717) is 32.1 Å². The fourth-order valence-electron chi connectivity index (χ4n) is 2.88. The van der Waals surface area contributed by atoms with Crippen LogP contribution >= 0.6 is 0 Å². The number of nitrogens with zero attached hydrogens (tertiary/aromatic N) is 5. The molecular formula is C18H21FN6O2. The molecule has 0 aliphatic carbocycles. The van der Waals surface area contributed by atoms with Crippen molar-refractivity contribution in [2.45, 2.75) is 19.8 Å². The third-order valence-electron chi connectivity index (χ3n) is 4.36. The van der Waals surface area contributed by atoms with E-state index < -0.39 is 5.82 Å². The van der Waals surface area contributed by atoms with E-state index in [4.69, 9.17) is 0 Å². The van der Waals surface area contributed by atoms with Gasteiger partial charge in [0.2, 0.25) is 17.8 Å². The summed E-state index contributed by atoms with van der Waals surface area (Å²) in [6.07, 6.45) is 2.98. The van der Waals surface area contributed by atoms with E-state index in [0.717, 1.165) is 5.56 Å². The Balaban J connectivity index is 1.44. The fraction of sp³-hybridized carbons (Fsp3) is 0.389. The van der Waals surface area contributed by atoms with Crippen molar-refractivity contribution >= 4 is 23.5 Å². The summed E-state index contributed by atoms with van der Waals surface area (Å²) in [4.78, 5) is 40.1. The van der Waals surface area contributed by atoms with Gasteiger partial charge in [0.25, 0.3) is 0 Å². The summed E-state index contributed by atoms with van der Waals surface area (Å²) in [6.45, 7) is 4.14. The summed E-state index contributed by atoms with van der Waals surface area (Å²) < 4.78 is 13.7. The van der Waals surface area contributed by atoms with Crippen molar-refractivity contribution in [2.24, 2.45) is 0 Å². The second-order valence-electron chi connectivity index (χ2n) is 6.34. The number of carbonyl (C=O) groups excluding carboxylic acids is 2. The molecule has 3 rings (SSSR count). The van der Waals surface area contributed by atoms with Gasteiger partial charge in [0.15, 0.2) is 0 Å². The van der Waals surface area contributed by atoms with Crippen molar-refractivity contribution in [2.75, 3.05) is 36.4 Å². The molecule has 1 aromatic heterocycles. The molecule has 27 heavy (non-hydrogen) atoms. The first kappa shape index (κ1) is 18.7. The van der Waals surface area contributed by atoms with Crippen LogP contribution in [0.25, 0.3) is 0 Å². The van der Waals surface area contributed by atoms with Gasteiger partial charge in [-0.25, -0.2) is 19.3 Å². The van der Waals surface area contributed by atoms with Gasteiger partial charge < -0.3 is 15.1 Å². The first-order valence-electron chi connectivity index (χ1n) is 8.73. The van der Waals surface area contributed by atoms with Crippen molar-refractivity contribution in [1.29, 1.82) is 0 Å². The first-order valence-corrected chi connectivity index (χ1v) is 8.73. The highest BCUT2D eigenvalue weighted by Gasteiger charge is 2.22. The highest BCUT2D eigenvalue weighted by molar-refractivity contribution is 5.93. The molecular weight excluding hydrogens is 351 g/mol. The molecule has 0 unspecified atom stereocenters. The summed E-state index contributed by atoms with van der Waals surface area (Å²) in [5, 5.41) is 2.52. The van der Waals surface area contributed by atoms with Crippen LogP contribution in [0.5, 0.6) is 0 Å². The zero-order valence-electron chi connectivity index (χ0n) is 15.1. The standard InChI is InChI=1S/C18H21FN6O2/c1-13-2-3-14(19)15(10-13)23-16(26)4-5-17(27)24-6-8-25(9-7-24)18-21-11-20-12-22-18/h2-3,10-12H,4-9H2,1H3,(H,23,26). The molecule has 0 bridgehead atoms. The molecule has 1 aromatic carbocycles. The third-order valence-corrected chi connectivity index (χ3v) is 4.36. The van der Waals surface area contributed by atoms with E-state index in [1.54, 1.807) is 17.0 Å². The Morgan fingerprint density at radius 2 is 1.81 bits per heavy atom. The average molecular weight is 372 g/mol. The van der Waals surface area contributed by atoms with Gasteiger partial charge in [0, 0.05) is 39.0 Å². The summed E-state index contributed by atoms with van der Waals surface area (Å²) in [5.74, 6) is -0.367. The molecule has 1 aliphatic rings. The van der Waals surface area contributed by atoms with Crippen LogP contribution in [0.4, 0.5) is 16.0 Å². The number of piperazine rings is 1. The fourth-order valence-corrected chi connectivity index (χ4v) is 2.88. The van der Waals surface area contributed by atoms with Crippen LogP contribution in [0, 0.1) is 12.7 Å². The van der Waals surface area contributed by atoms with E-state index in [2.05, 4.69) is 20.3 Å². The summed E-state index contributed by atoms with van der Waals surface area (Å²) in [7, 11) is 0. The molecule has 1 fully saturated rings. The normalized spacial score (nSPS) is 14.1. The van der Waals surface area contributed by atoms with Gasteiger partial charge in [-0.05, 0) is 24.6 Å². The number of benzene rings is 1. The Bertz CT molecular complexity index is 809. The van der Waals surface area contributed by atoms with Crippen molar-refractivity contribution in [3.63, 3.8) is 0 Å². The maximum atomic E-state index is 13.7. The third kappa shape index (κ3) is 4.96. The van der Waals surface area contributed by atoms with Crippen molar-refractivity contribution in [3.8, 4) is 0 Å². The molecule has 2 amide bonds. The lowest BCUT2D eigenvalue weighted by atomic mass is 10.2. The number of nitrogens with one attached hydrogen (secondary N) is 1. The molecule has 0 radical (unpaired) electrons. The van der Waals surface area contributed by atoms with Crippen LogP contribution in [0.2, 0.25) is 0 Å². The van der Waals surface area contributed by atoms with Gasteiger partial charge in [-0.1, -0.05) is 6.07 Å². The molecule has 2 heterocycles. The minimum Gasteiger partial charge on any atom is -0.339 e. The number of aryl methyl sites for hydroxylation is 1. The number of anilines is 2. The number of halogens is 1. The van der Waals surface area contributed by atoms with E-state index >= 15 is 0 Å². The molecule has 0 saturated carbocycles. The van der Waals surface area contributed by atoms with Gasteiger partial charge in [-0.15, -0.1) is 0 Å². The van der Waals surface area contributed by atoms with E-state index in [1.165, 1.54) is 18.7 Å². The SMILES string of the molecule is Cc1ccc(F)c(NC(=O)CCC(=O)N2CCN(c3ncncn3)CC2)c1. The summed E-state index contributed by atoms with van der Waals surface area (Å²) in [5.41, 5.74) is 0.984. The molecule has 9 heteroatoms. The van der Waals surface area contributed by atoms with Crippen LogP contribution < -0.4 is 10.2 Å². The molecule has 0 atom stereocenters. The van der Waals surface area contributed by atoms with Crippen LogP contribution in [0.15, 0.2) is 30.9 Å². The maximum absolute atomic E-state index is 13.7. The Hall–Kier alpha value is -3.10. The van der Waals surface area contributed by atoms with E-state index in [9.17, 15) is 14.0 Å². The van der Waals surface area contributed by atoms with Gasteiger partial charge in [-0.2, -0.15) is 0 Å².